The Balaban J connectivity index is 1.52. The number of carbonyl (C=O) groups is 3. The van der Waals surface area contributed by atoms with E-state index in [0.29, 0.717) is 46.4 Å². The standard InChI is InChI=1S/C31H28FNO5/c1-3-26(34)29-24-17-21(11-14-28(24)38-30(29)19-9-12-23(32)13-10-19)20-6-4-7-22(16-20)31(36)33-15-5-8-25(33)27(35)18-37-2/h4,6-7,9-14,16-17,25H,3,5,8,15,18H2,1-2H3/t25-/m0/s1. The molecule has 1 aliphatic rings. The number of likely N-dealkylation sites (tertiary alicyclic amines) is 1. The molecule has 1 atom stereocenters. The van der Waals surface area contributed by atoms with Crippen molar-refractivity contribution in [3.63, 3.8) is 0 Å². The molecule has 0 N–H and O–H groups in total. The third kappa shape index (κ3) is 4.77. The molecule has 7 heteroatoms. The van der Waals surface area contributed by atoms with Crippen LogP contribution < -0.4 is 0 Å². The molecule has 1 aliphatic heterocycles. The number of Topliss-reactive ketones (excluding diaryl/α,β-unsaturated/α-hetero) is 2. The molecule has 3 aromatic carbocycles. The Morgan fingerprint density at radius 1 is 1.00 bits per heavy atom. The molecule has 194 valence electrons. The van der Waals surface area contributed by atoms with E-state index in [1.54, 1.807) is 36.1 Å². The minimum Gasteiger partial charge on any atom is -0.455 e. The van der Waals surface area contributed by atoms with Crippen molar-refractivity contribution in [2.24, 2.45) is 0 Å². The van der Waals surface area contributed by atoms with Gasteiger partial charge in [0.25, 0.3) is 5.91 Å². The van der Waals surface area contributed by atoms with E-state index < -0.39 is 6.04 Å². The van der Waals surface area contributed by atoms with Gasteiger partial charge in [0, 0.05) is 36.6 Å². The highest BCUT2D eigenvalue weighted by Gasteiger charge is 2.34. The SMILES string of the molecule is CCC(=O)c1c(-c2ccc(F)cc2)oc2ccc(-c3cccc(C(=O)N4CCC[C@H]4C(=O)COC)c3)cc12. The van der Waals surface area contributed by atoms with Gasteiger partial charge in [-0.2, -0.15) is 0 Å². The van der Waals surface area contributed by atoms with E-state index >= 15 is 0 Å². The van der Waals surface area contributed by atoms with Crippen LogP contribution in [0.4, 0.5) is 4.39 Å². The zero-order valence-electron chi connectivity index (χ0n) is 21.3. The molecule has 1 amide bonds. The van der Waals surface area contributed by atoms with Crippen LogP contribution in [-0.4, -0.2) is 48.7 Å². The first-order valence-corrected chi connectivity index (χ1v) is 12.7. The number of ketones is 2. The minimum absolute atomic E-state index is 0.0159. The zero-order valence-corrected chi connectivity index (χ0v) is 21.3. The average Bonchev–Trinajstić information content (AvgIpc) is 3.58. The number of amides is 1. The minimum atomic E-state index is -0.471. The van der Waals surface area contributed by atoms with Crippen molar-refractivity contribution in [2.45, 2.75) is 32.2 Å². The topological polar surface area (TPSA) is 76.8 Å². The summed E-state index contributed by atoms with van der Waals surface area (Å²) in [6.45, 7) is 2.30. The first-order chi connectivity index (χ1) is 18.4. The molecule has 38 heavy (non-hydrogen) atoms. The Morgan fingerprint density at radius 2 is 1.74 bits per heavy atom. The fourth-order valence-corrected chi connectivity index (χ4v) is 5.12. The molecule has 0 radical (unpaired) electrons. The number of fused-ring (bicyclic) bond motifs is 1. The van der Waals surface area contributed by atoms with Gasteiger partial charge in [-0.25, -0.2) is 4.39 Å². The summed E-state index contributed by atoms with van der Waals surface area (Å²) in [5.74, 6) is -0.319. The van der Waals surface area contributed by atoms with Crippen molar-refractivity contribution in [3.8, 4) is 22.5 Å². The molecule has 5 rings (SSSR count). The zero-order chi connectivity index (χ0) is 26.8. The predicted octanol–water partition coefficient (Wildman–Crippen LogP) is 6.32. The third-order valence-electron chi connectivity index (χ3n) is 7.01. The summed E-state index contributed by atoms with van der Waals surface area (Å²) < 4.78 is 24.6. The fourth-order valence-electron chi connectivity index (χ4n) is 5.12. The van der Waals surface area contributed by atoms with E-state index in [1.807, 2.05) is 30.3 Å². The van der Waals surface area contributed by atoms with Crippen molar-refractivity contribution in [3.05, 3.63) is 83.7 Å². The summed E-state index contributed by atoms with van der Waals surface area (Å²) in [5, 5.41) is 0.662. The van der Waals surface area contributed by atoms with E-state index in [1.165, 1.54) is 19.2 Å². The van der Waals surface area contributed by atoms with E-state index in [9.17, 15) is 18.8 Å². The monoisotopic (exact) mass is 513 g/mol. The summed E-state index contributed by atoms with van der Waals surface area (Å²) in [4.78, 5) is 40.5. The maximum atomic E-state index is 13.5. The Labute approximate surface area is 220 Å². The second-order valence-electron chi connectivity index (χ2n) is 9.44. The number of methoxy groups -OCH3 is 1. The number of carbonyl (C=O) groups excluding carboxylic acids is 3. The maximum absolute atomic E-state index is 13.5. The number of benzene rings is 3. The molecule has 2 heterocycles. The van der Waals surface area contributed by atoms with Crippen LogP contribution in [-0.2, 0) is 9.53 Å². The second-order valence-corrected chi connectivity index (χ2v) is 9.44. The summed E-state index contributed by atoms with van der Waals surface area (Å²) in [6, 6.07) is 18.2. The predicted molar refractivity (Wildman–Crippen MR) is 143 cm³/mol. The van der Waals surface area contributed by atoms with Crippen molar-refractivity contribution in [2.75, 3.05) is 20.3 Å². The van der Waals surface area contributed by atoms with Crippen LogP contribution in [0.2, 0.25) is 0 Å². The molecule has 1 saturated heterocycles. The van der Waals surface area contributed by atoms with Gasteiger partial charge in [0.05, 0.1) is 11.6 Å². The smallest absolute Gasteiger partial charge is 0.254 e. The largest absolute Gasteiger partial charge is 0.455 e. The lowest BCUT2D eigenvalue weighted by Gasteiger charge is -2.23. The van der Waals surface area contributed by atoms with Crippen molar-refractivity contribution in [1.82, 2.24) is 4.90 Å². The molecule has 4 aromatic rings. The summed E-state index contributed by atoms with van der Waals surface area (Å²) in [5.41, 5.74) is 3.74. The molecule has 0 spiro atoms. The van der Waals surface area contributed by atoms with E-state index in [0.717, 1.165) is 17.5 Å². The van der Waals surface area contributed by atoms with E-state index in [-0.39, 0.29) is 36.3 Å². The quantitative estimate of drug-likeness (QED) is 0.258. The van der Waals surface area contributed by atoms with Crippen LogP contribution in [0.15, 0.2) is 71.1 Å². The normalized spacial score (nSPS) is 15.2. The summed E-state index contributed by atoms with van der Waals surface area (Å²) in [7, 11) is 1.47. The van der Waals surface area contributed by atoms with Gasteiger partial charge in [0.1, 0.15) is 23.8 Å². The Hall–Kier alpha value is -4.10. The molecular weight excluding hydrogens is 485 g/mol. The highest BCUT2D eigenvalue weighted by atomic mass is 19.1. The van der Waals surface area contributed by atoms with Gasteiger partial charge in [0.15, 0.2) is 11.6 Å². The lowest BCUT2D eigenvalue weighted by atomic mass is 9.97. The molecule has 0 saturated carbocycles. The number of rotatable bonds is 8. The van der Waals surface area contributed by atoms with E-state index in [2.05, 4.69) is 0 Å². The number of hydrogen-bond acceptors (Lipinski definition) is 5. The first-order valence-electron chi connectivity index (χ1n) is 12.7. The van der Waals surface area contributed by atoms with Crippen molar-refractivity contribution >= 4 is 28.4 Å². The van der Waals surface area contributed by atoms with Gasteiger partial charge in [-0.05, 0) is 72.5 Å². The van der Waals surface area contributed by atoms with Crippen molar-refractivity contribution in [1.29, 1.82) is 0 Å². The Bertz CT molecular complexity index is 1520. The van der Waals surface area contributed by atoms with Crippen molar-refractivity contribution < 1.29 is 27.9 Å². The summed E-state index contributed by atoms with van der Waals surface area (Å²) >= 11 is 0. The van der Waals surface area contributed by atoms with Crippen LogP contribution in [0.1, 0.15) is 46.9 Å². The van der Waals surface area contributed by atoms with Crippen LogP contribution in [0, 0.1) is 5.82 Å². The van der Waals surface area contributed by atoms with Gasteiger partial charge in [0.2, 0.25) is 0 Å². The molecule has 6 nitrogen and oxygen atoms in total. The van der Waals surface area contributed by atoms with E-state index in [4.69, 9.17) is 9.15 Å². The Kier molecular flexibility index (Phi) is 7.20. The molecule has 0 aliphatic carbocycles. The van der Waals surface area contributed by atoms with Crippen LogP contribution in [0.5, 0.6) is 0 Å². The lowest BCUT2D eigenvalue weighted by Crippen LogP contribution is -2.41. The highest BCUT2D eigenvalue weighted by Crippen LogP contribution is 2.37. The highest BCUT2D eigenvalue weighted by molar-refractivity contribution is 6.12. The average molecular weight is 514 g/mol. The number of halogens is 1. The number of furan rings is 1. The second kappa shape index (κ2) is 10.7. The molecule has 1 fully saturated rings. The Morgan fingerprint density at radius 3 is 2.47 bits per heavy atom. The molecule has 0 bridgehead atoms. The molecular formula is C31H28FNO5. The lowest BCUT2D eigenvalue weighted by molar-refractivity contribution is -0.126. The van der Waals surface area contributed by atoms with Gasteiger partial charge in [-0.3, -0.25) is 14.4 Å². The fraction of sp³-hybridized carbons (Fsp3) is 0.258. The van der Waals surface area contributed by atoms with Gasteiger partial charge in [-0.15, -0.1) is 0 Å². The van der Waals surface area contributed by atoms with Gasteiger partial charge < -0.3 is 14.1 Å². The maximum Gasteiger partial charge on any atom is 0.254 e. The number of ether oxygens (including phenoxy) is 1. The van der Waals surface area contributed by atoms with Gasteiger partial charge >= 0.3 is 0 Å². The van der Waals surface area contributed by atoms with Crippen LogP contribution >= 0.6 is 0 Å². The van der Waals surface area contributed by atoms with Crippen LogP contribution in [0.3, 0.4) is 0 Å². The van der Waals surface area contributed by atoms with Crippen LogP contribution in [0.25, 0.3) is 33.4 Å². The molecule has 1 aromatic heterocycles. The molecule has 0 unspecified atom stereocenters. The van der Waals surface area contributed by atoms with Gasteiger partial charge in [-0.1, -0.05) is 25.1 Å². The number of hydrogen-bond donors (Lipinski definition) is 0. The first kappa shape index (κ1) is 25.5. The third-order valence-corrected chi connectivity index (χ3v) is 7.01. The number of nitrogens with zero attached hydrogens (tertiary/aromatic N) is 1. The summed E-state index contributed by atoms with van der Waals surface area (Å²) in [6.07, 6.45) is 1.69.